The Kier molecular flexibility index (Phi) is 3.09. The molecule has 0 radical (unpaired) electrons. The molecule has 0 saturated heterocycles. The summed E-state index contributed by atoms with van der Waals surface area (Å²) >= 11 is 0. The number of hydrogen-bond donors (Lipinski definition) is 2. The summed E-state index contributed by atoms with van der Waals surface area (Å²) in [4.78, 5) is 25.3. The fourth-order valence-corrected chi connectivity index (χ4v) is 1.47. The lowest BCUT2D eigenvalue weighted by Crippen LogP contribution is -2.27. The molecule has 17 heavy (non-hydrogen) atoms. The van der Waals surface area contributed by atoms with E-state index >= 15 is 0 Å². The smallest absolute Gasteiger partial charge is 0.252 e. The average Bonchev–Trinajstić information content (AvgIpc) is 2.82. The van der Waals surface area contributed by atoms with E-state index in [0.717, 1.165) is 0 Å². The Morgan fingerprint density at radius 3 is 2.94 bits per heavy atom. The molecule has 0 saturated carbocycles. The highest BCUT2D eigenvalue weighted by Crippen LogP contribution is 2.12. The number of carbonyl (C=O) groups is 1. The molecule has 2 rings (SSSR count). The summed E-state index contributed by atoms with van der Waals surface area (Å²) in [7, 11) is 0. The van der Waals surface area contributed by atoms with Crippen LogP contribution < -0.4 is 10.9 Å². The van der Waals surface area contributed by atoms with Crippen LogP contribution in [0.15, 0.2) is 45.9 Å². The SMILES string of the molecule is CC(NC(=O)c1cc[nH]c(=O)c1)c1ccco1. The molecule has 2 aromatic rings. The number of furan rings is 1. The first kappa shape index (κ1) is 11.2. The third-order valence-electron chi connectivity index (χ3n) is 2.35. The molecule has 0 aliphatic heterocycles. The maximum atomic E-state index is 11.8. The Morgan fingerprint density at radius 2 is 2.29 bits per heavy atom. The van der Waals surface area contributed by atoms with Crippen molar-refractivity contribution < 1.29 is 9.21 Å². The molecule has 0 spiro atoms. The van der Waals surface area contributed by atoms with E-state index in [1.165, 1.54) is 12.3 Å². The van der Waals surface area contributed by atoms with Gasteiger partial charge in [-0.25, -0.2) is 0 Å². The number of nitrogens with one attached hydrogen (secondary N) is 2. The van der Waals surface area contributed by atoms with Crippen molar-refractivity contribution in [2.45, 2.75) is 13.0 Å². The third-order valence-corrected chi connectivity index (χ3v) is 2.35. The summed E-state index contributed by atoms with van der Waals surface area (Å²) < 4.78 is 5.17. The van der Waals surface area contributed by atoms with Crippen molar-refractivity contribution in [3.8, 4) is 0 Å². The van der Waals surface area contributed by atoms with Gasteiger partial charge in [-0.2, -0.15) is 0 Å². The predicted octanol–water partition coefficient (Wildman–Crippen LogP) is 1.46. The van der Waals surface area contributed by atoms with E-state index in [4.69, 9.17) is 4.42 Å². The Morgan fingerprint density at radius 1 is 1.47 bits per heavy atom. The topological polar surface area (TPSA) is 75.1 Å². The molecular formula is C12H12N2O3. The minimum atomic E-state index is -0.306. The van der Waals surface area contributed by atoms with Gasteiger partial charge in [-0.1, -0.05) is 0 Å². The van der Waals surface area contributed by atoms with Crippen LogP contribution >= 0.6 is 0 Å². The van der Waals surface area contributed by atoms with E-state index < -0.39 is 0 Å². The second kappa shape index (κ2) is 4.69. The van der Waals surface area contributed by atoms with E-state index in [9.17, 15) is 9.59 Å². The first-order valence-corrected chi connectivity index (χ1v) is 5.20. The molecule has 0 aromatic carbocycles. The van der Waals surface area contributed by atoms with Crippen molar-refractivity contribution in [1.82, 2.24) is 10.3 Å². The van der Waals surface area contributed by atoms with Crippen LogP contribution in [0.1, 0.15) is 29.1 Å². The zero-order chi connectivity index (χ0) is 12.3. The van der Waals surface area contributed by atoms with Gasteiger partial charge in [0.2, 0.25) is 5.56 Å². The van der Waals surface area contributed by atoms with Crippen LogP contribution in [0.2, 0.25) is 0 Å². The summed E-state index contributed by atoms with van der Waals surface area (Å²) in [5, 5.41) is 2.74. The second-order valence-electron chi connectivity index (χ2n) is 3.65. The van der Waals surface area contributed by atoms with Gasteiger partial charge in [0.15, 0.2) is 0 Å². The lowest BCUT2D eigenvalue weighted by molar-refractivity contribution is 0.0935. The quantitative estimate of drug-likeness (QED) is 0.841. The van der Waals surface area contributed by atoms with Crippen LogP contribution in [-0.2, 0) is 0 Å². The normalized spacial score (nSPS) is 12.1. The van der Waals surface area contributed by atoms with Crippen molar-refractivity contribution >= 4 is 5.91 Å². The van der Waals surface area contributed by atoms with Crippen molar-refractivity contribution in [2.75, 3.05) is 0 Å². The number of carbonyl (C=O) groups excluding carboxylic acids is 1. The van der Waals surface area contributed by atoms with Gasteiger partial charge in [0, 0.05) is 17.8 Å². The number of amides is 1. The lowest BCUT2D eigenvalue weighted by atomic mass is 10.2. The van der Waals surface area contributed by atoms with Crippen molar-refractivity contribution in [2.24, 2.45) is 0 Å². The molecule has 1 amide bonds. The molecule has 0 aliphatic rings. The highest BCUT2D eigenvalue weighted by atomic mass is 16.3. The van der Waals surface area contributed by atoms with Crippen molar-refractivity contribution in [1.29, 1.82) is 0 Å². The number of aromatic nitrogens is 1. The zero-order valence-electron chi connectivity index (χ0n) is 9.27. The van der Waals surface area contributed by atoms with Gasteiger partial charge in [0.1, 0.15) is 5.76 Å². The molecule has 1 atom stereocenters. The molecule has 88 valence electrons. The molecular weight excluding hydrogens is 220 g/mol. The second-order valence-corrected chi connectivity index (χ2v) is 3.65. The van der Waals surface area contributed by atoms with Crippen LogP contribution in [0.5, 0.6) is 0 Å². The number of rotatable bonds is 3. The first-order valence-electron chi connectivity index (χ1n) is 5.20. The van der Waals surface area contributed by atoms with Gasteiger partial charge in [-0.05, 0) is 25.1 Å². The summed E-state index contributed by atoms with van der Waals surface area (Å²) in [6.07, 6.45) is 2.99. The highest BCUT2D eigenvalue weighted by Gasteiger charge is 2.13. The van der Waals surface area contributed by atoms with E-state index in [1.54, 1.807) is 24.5 Å². The maximum absolute atomic E-state index is 11.8. The summed E-state index contributed by atoms with van der Waals surface area (Å²) in [6, 6.07) is 6.10. The Hall–Kier alpha value is -2.30. The van der Waals surface area contributed by atoms with E-state index in [0.29, 0.717) is 11.3 Å². The highest BCUT2D eigenvalue weighted by molar-refractivity contribution is 5.94. The van der Waals surface area contributed by atoms with Gasteiger partial charge in [-0.15, -0.1) is 0 Å². The van der Waals surface area contributed by atoms with Crippen molar-refractivity contribution in [3.05, 3.63) is 58.4 Å². The fourth-order valence-electron chi connectivity index (χ4n) is 1.47. The Labute approximate surface area is 97.5 Å². The van der Waals surface area contributed by atoms with Gasteiger partial charge >= 0.3 is 0 Å². The van der Waals surface area contributed by atoms with Crippen LogP contribution in [-0.4, -0.2) is 10.9 Å². The summed E-state index contributed by atoms with van der Waals surface area (Å²) in [6.45, 7) is 1.81. The fraction of sp³-hybridized carbons (Fsp3) is 0.167. The molecule has 0 bridgehead atoms. The largest absolute Gasteiger partial charge is 0.467 e. The molecule has 1 unspecified atom stereocenters. The molecule has 2 N–H and O–H groups in total. The molecule has 2 heterocycles. The molecule has 0 fully saturated rings. The number of H-pyrrole nitrogens is 1. The Bertz CT molecular complexity index is 557. The molecule has 0 aliphatic carbocycles. The summed E-state index contributed by atoms with van der Waals surface area (Å²) in [5.41, 5.74) is 0.0236. The molecule has 2 aromatic heterocycles. The minimum absolute atomic E-state index is 0.239. The number of aromatic amines is 1. The van der Waals surface area contributed by atoms with E-state index in [1.807, 2.05) is 6.92 Å². The van der Waals surface area contributed by atoms with Gasteiger partial charge in [-0.3, -0.25) is 9.59 Å². The monoisotopic (exact) mass is 232 g/mol. The first-order chi connectivity index (χ1) is 8.16. The number of pyridine rings is 1. The van der Waals surface area contributed by atoms with Crippen LogP contribution in [0.25, 0.3) is 0 Å². The maximum Gasteiger partial charge on any atom is 0.252 e. The van der Waals surface area contributed by atoms with Crippen LogP contribution in [0, 0.1) is 0 Å². The van der Waals surface area contributed by atoms with Crippen LogP contribution in [0.4, 0.5) is 0 Å². The Balaban J connectivity index is 2.10. The minimum Gasteiger partial charge on any atom is -0.467 e. The van der Waals surface area contributed by atoms with Crippen LogP contribution in [0.3, 0.4) is 0 Å². The molecule has 5 heteroatoms. The van der Waals surface area contributed by atoms with Gasteiger partial charge < -0.3 is 14.7 Å². The van der Waals surface area contributed by atoms with E-state index in [-0.39, 0.29) is 17.5 Å². The standard InChI is InChI=1S/C12H12N2O3/c1-8(10-3-2-6-17-10)14-12(16)9-4-5-13-11(15)7-9/h2-8H,1H3,(H,13,15)(H,14,16). The van der Waals surface area contributed by atoms with Crippen molar-refractivity contribution in [3.63, 3.8) is 0 Å². The molecule has 5 nitrogen and oxygen atoms in total. The van der Waals surface area contributed by atoms with Gasteiger partial charge in [0.05, 0.1) is 12.3 Å². The third kappa shape index (κ3) is 2.63. The zero-order valence-corrected chi connectivity index (χ0v) is 9.27. The number of hydrogen-bond acceptors (Lipinski definition) is 3. The van der Waals surface area contributed by atoms with E-state index in [2.05, 4.69) is 10.3 Å². The summed E-state index contributed by atoms with van der Waals surface area (Å²) in [5.74, 6) is 0.364. The average molecular weight is 232 g/mol. The van der Waals surface area contributed by atoms with Gasteiger partial charge in [0.25, 0.3) is 5.91 Å². The lowest BCUT2D eigenvalue weighted by Gasteiger charge is -2.10. The predicted molar refractivity (Wildman–Crippen MR) is 61.7 cm³/mol.